The number of fused-ring (bicyclic) bond motifs is 2. The van der Waals surface area contributed by atoms with Crippen molar-refractivity contribution in [1.82, 2.24) is 14.9 Å². The molecule has 3 aliphatic rings. The largest absolute Gasteiger partial charge is 0.378 e. The van der Waals surface area contributed by atoms with Crippen molar-refractivity contribution in [3.8, 4) is 0 Å². The summed E-state index contributed by atoms with van der Waals surface area (Å²) in [6, 6.07) is 7.10. The number of morpholine rings is 1. The number of aromatic amines is 1. The number of rotatable bonds is 2. The lowest BCUT2D eigenvalue weighted by Crippen LogP contribution is -2.45. The number of anilines is 1. The minimum absolute atomic E-state index is 0.0124. The number of likely N-dealkylation sites (tertiary alicyclic amines) is 1. The van der Waals surface area contributed by atoms with Crippen molar-refractivity contribution in [2.45, 2.75) is 31.1 Å². The topological polar surface area (TPSA) is 78.5 Å². The Labute approximate surface area is 180 Å². The third-order valence-electron chi connectivity index (χ3n) is 6.75. The number of aromatic nitrogens is 2. The highest BCUT2D eigenvalue weighted by Gasteiger charge is 2.45. The highest BCUT2D eigenvalue weighted by molar-refractivity contribution is 6.30. The minimum Gasteiger partial charge on any atom is -0.378 e. The van der Waals surface area contributed by atoms with Crippen LogP contribution < -0.4 is 10.5 Å². The molecule has 1 aromatic carbocycles. The molecule has 5 rings (SSSR count). The Kier molecular flexibility index (Phi) is 5.03. The summed E-state index contributed by atoms with van der Waals surface area (Å²) in [6.07, 6.45) is 3.32. The van der Waals surface area contributed by atoms with Crippen molar-refractivity contribution >= 4 is 23.5 Å². The summed E-state index contributed by atoms with van der Waals surface area (Å²) in [4.78, 5) is 37.6. The maximum Gasteiger partial charge on any atom is 0.255 e. The molecular weight excluding hydrogens is 404 g/mol. The van der Waals surface area contributed by atoms with E-state index in [2.05, 4.69) is 9.88 Å². The fourth-order valence-electron chi connectivity index (χ4n) is 4.99. The van der Waals surface area contributed by atoms with E-state index >= 15 is 0 Å². The van der Waals surface area contributed by atoms with E-state index in [4.69, 9.17) is 21.3 Å². The zero-order valence-corrected chi connectivity index (χ0v) is 17.6. The Hall–Kier alpha value is -2.38. The first kappa shape index (κ1) is 19.6. The van der Waals surface area contributed by atoms with E-state index in [-0.39, 0.29) is 16.9 Å². The maximum absolute atomic E-state index is 12.9. The Morgan fingerprint density at radius 2 is 1.90 bits per heavy atom. The summed E-state index contributed by atoms with van der Waals surface area (Å²) in [5.74, 6) is 0.666. The molecule has 2 aromatic rings. The second-order valence-electron chi connectivity index (χ2n) is 8.40. The van der Waals surface area contributed by atoms with Crippen LogP contribution in [0.1, 0.15) is 40.9 Å². The molecule has 1 aliphatic carbocycles. The molecule has 0 unspecified atom stereocenters. The maximum atomic E-state index is 12.9. The van der Waals surface area contributed by atoms with E-state index in [1.807, 2.05) is 4.90 Å². The van der Waals surface area contributed by atoms with Gasteiger partial charge in [0.25, 0.3) is 11.5 Å². The minimum atomic E-state index is -0.115. The number of nitrogens with one attached hydrogen (secondary N) is 1. The number of H-pyrrole nitrogens is 1. The standard InChI is InChI=1S/C22H25ClN4O3/c23-16-3-1-2-15(14-16)20(29)26-8-6-22(7-9-26)5-4-17-18(22)24-21(25-19(17)28)27-10-12-30-13-11-27/h1-3,14H,4-13H2,(H,24,25,28). The van der Waals surface area contributed by atoms with E-state index in [0.29, 0.717) is 42.8 Å². The van der Waals surface area contributed by atoms with Gasteiger partial charge in [-0.1, -0.05) is 17.7 Å². The summed E-state index contributed by atoms with van der Waals surface area (Å²) < 4.78 is 5.42. The first-order valence-corrected chi connectivity index (χ1v) is 10.9. The predicted octanol–water partition coefficient (Wildman–Crippen LogP) is 2.38. The number of hydrogen-bond acceptors (Lipinski definition) is 5. The lowest BCUT2D eigenvalue weighted by molar-refractivity contribution is 0.0663. The highest BCUT2D eigenvalue weighted by Crippen LogP contribution is 2.44. The normalized spacial score (nSPS) is 20.4. The van der Waals surface area contributed by atoms with Gasteiger partial charge in [-0.05, 0) is 43.9 Å². The molecule has 158 valence electrons. The summed E-state index contributed by atoms with van der Waals surface area (Å²) in [5.41, 5.74) is 2.25. The number of nitrogens with zero attached hydrogens (tertiary/aromatic N) is 3. The fraction of sp³-hybridized carbons (Fsp3) is 0.500. The quantitative estimate of drug-likeness (QED) is 0.794. The second kappa shape index (κ2) is 7.71. The SMILES string of the molecule is O=C(c1cccc(Cl)c1)N1CCC2(CCc3c2nc(N2CCOCC2)[nH]c3=O)CC1. The molecular formula is C22H25ClN4O3. The van der Waals surface area contributed by atoms with Gasteiger partial charge in [0.1, 0.15) is 0 Å². The smallest absolute Gasteiger partial charge is 0.255 e. The number of carbonyl (C=O) groups is 1. The van der Waals surface area contributed by atoms with Crippen molar-refractivity contribution in [3.05, 3.63) is 56.5 Å². The van der Waals surface area contributed by atoms with Crippen LogP contribution in [0.5, 0.6) is 0 Å². The molecule has 1 spiro atoms. The van der Waals surface area contributed by atoms with Crippen molar-refractivity contribution in [2.24, 2.45) is 0 Å². The molecule has 30 heavy (non-hydrogen) atoms. The average Bonchev–Trinajstić information content (AvgIpc) is 3.13. The Bertz CT molecular complexity index is 1020. The third-order valence-corrected chi connectivity index (χ3v) is 6.98. The van der Waals surface area contributed by atoms with Gasteiger partial charge in [-0.2, -0.15) is 0 Å². The third kappa shape index (κ3) is 3.40. The summed E-state index contributed by atoms with van der Waals surface area (Å²) in [6.45, 7) is 4.07. The van der Waals surface area contributed by atoms with Crippen LogP contribution in [0.15, 0.2) is 29.1 Å². The molecule has 0 bridgehead atoms. The Morgan fingerprint density at radius 1 is 1.13 bits per heavy atom. The number of halogens is 1. The van der Waals surface area contributed by atoms with E-state index in [1.165, 1.54) is 0 Å². The number of ether oxygens (including phenoxy) is 1. The fourth-order valence-corrected chi connectivity index (χ4v) is 5.18. The molecule has 8 heteroatoms. The van der Waals surface area contributed by atoms with Gasteiger partial charge in [0.2, 0.25) is 5.95 Å². The van der Waals surface area contributed by atoms with Crippen LogP contribution in [0.25, 0.3) is 0 Å². The first-order chi connectivity index (χ1) is 14.6. The van der Waals surface area contributed by atoms with Gasteiger partial charge in [-0.15, -0.1) is 0 Å². The zero-order chi connectivity index (χ0) is 20.7. The average molecular weight is 429 g/mol. The number of piperidine rings is 1. The van der Waals surface area contributed by atoms with Crippen LogP contribution in [0.2, 0.25) is 5.02 Å². The van der Waals surface area contributed by atoms with Crippen molar-refractivity contribution in [3.63, 3.8) is 0 Å². The summed E-state index contributed by atoms with van der Waals surface area (Å²) >= 11 is 6.05. The molecule has 2 saturated heterocycles. The molecule has 0 radical (unpaired) electrons. The van der Waals surface area contributed by atoms with Gasteiger partial charge < -0.3 is 14.5 Å². The van der Waals surface area contributed by atoms with Gasteiger partial charge in [0.05, 0.1) is 18.9 Å². The van der Waals surface area contributed by atoms with Crippen molar-refractivity contribution < 1.29 is 9.53 Å². The van der Waals surface area contributed by atoms with Crippen molar-refractivity contribution in [2.75, 3.05) is 44.3 Å². The van der Waals surface area contributed by atoms with Gasteiger partial charge in [-0.25, -0.2) is 4.98 Å². The molecule has 7 nitrogen and oxygen atoms in total. The first-order valence-electron chi connectivity index (χ1n) is 10.6. The Morgan fingerprint density at radius 3 is 2.63 bits per heavy atom. The van der Waals surface area contributed by atoms with Gasteiger partial charge in [0, 0.05) is 47.7 Å². The second-order valence-corrected chi connectivity index (χ2v) is 8.84. The van der Waals surface area contributed by atoms with Gasteiger partial charge in [-0.3, -0.25) is 14.6 Å². The van der Waals surface area contributed by atoms with Crippen LogP contribution in [0, 0.1) is 0 Å². The molecule has 1 amide bonds. The van der Waals surface area contributed by atoms with Crippen LogP contribution in [0.3, 0.4) is 0 Å². The van der Waals surface area contributed by atoms with E-state index in [9.17, 15) is 9.59 Å². The molecule has 0 atom stereocenters. The zero-order valence-electron chi connectivity index (χ0n) is 16.8. The molecule has 3 heterocycles. The molecule has 2 aliphatic heterocycles. The highest BCUT2D eigenvalue weighted by atomic mass is 35.5. The van der Waals surface area contributed by atoms with Crippen LogP contribution >= 0.6 is 11.6 Å². The van der Waals surface area contributed by atoms with E-state index < -0.39 is 0 Å². The predicted molar refractivity (Wildman–Crippen MR) is 114 cm³/mol. The van der Waals surface area contributed by atoms with Crippen molar-refractivity contribution in [1.29, 1.82) is 0 Å². The molecule has 2 fully saturated rings. The monoisotopic (exact) mass is 428 g/mol. The van der Waals surface area contributed by atoms with E-state index in [0.717, 1.165) is 50.0 Å². The van der Waals surface area contributed by atoms with E-state index in [1.54, 1.807) is 24.3 Å². The van der Waals surface area contributed by atoms with Gasteiger partial charge in [0.15, 0.2) is 0 Å². The van der Waals surface area contributed by atoms with Crippen LogP contribution in [0.4, 0.5) is 5.95 Å². The lowest BCUT2D eigenvalue weighted by Gasteiger charge is -2.39. The lowest BCUT2D eigenvalue weighted by atomic mass is 9.76. The number of benzene rings is 1. The number of hydrogen-bond donors (Lipinski definition) is 1. The number of carbonyl (C=O) groups excluding carboxylic acids is 1. The van der Waals surface area contributed by atoms with Crippen LogP contribution in [-0.2, 0) is 16.6 Å². The van der Waals surface area contributed by atoms with Gasteiger partial charge >= 0.3 is 0 Å². The van der Waals surface area contributed by atoms with Crippen LogP contribution in [-0.4, -0.2) is 60.2 Å². The molecule has 1 N–H and O–H groups in total. The molecule has 1 aromatic heterocycles. The number of amides is 1. The summed E-state index contributed by atoms with van der Waals surface area (Å²) in [7, 11) is 0. The molecule has 0 saturated carbocycles. The summed E-state index contributed by atoms with van der Waals surface area (Å²) in [5, 5.41) is 0.568. The Balaban J connectivity index is 1.37.